The summed E-state index contributed by atoms with van der Waals surface area (Å²) in [5.74, 6) is 2.62. The van der Waals surface area contributed by atoms with Crippen LogP contribution in [0.2, 0.25) is 0 Å². The van der Waals surface area contributed by atoms with Crippen LogP contribution in [-0.4, -0.2) is 31.3 Å². The molecule has 1 saturated heterocycles. The summed E-state index contributed by atoms with van der Waals surface area (Å²) >= 11 is 0. The van der Waals surface area contributed by atoms with Gasteiger partial charge in [-0.15, -0.1) is 10.2 Å². The van der Waals surface area contributed by atoms with Crippen LogP contribution in [0.3, 0.4) is 0 Å². The monoisotopic (exact) mass is 336 g/mol. The second kappa shape index (κ2) is 6.43. The van der Waals surface area contributed by atoms with E-state index in [1.165, 1.54) is 5.56 Å². The summed E-state index contributed by atoms with van der Waals surface area (Å²) in [6, 6.07) is 6.57. The zero-order valence-corrected chi connectivity index (χ0v) is 15.1. The highest BCUT2D eigenvalue weighted by atomic mass is 15.3. The van der Waals surface area contributed by atoms with Crippen molar-refractivity contribution in [2.45, 2.75) is 46.2 Å². The van der Waals surface area contributed by atoms with E-state index < -0.39 is 0 Å². The summed E-state index contributed by atoms with van der Waals surface area (Å²) in [4.78, 5) is 11.4. The lowest BCUT2D eigenvalue weighted by Gasteiger charge is -2.26. The maximum absolute atomic E-state index is 4.64. The molecule has 0 saturated carbocycles. The van der Waals surface area contributed by atoms with Crippen molar-refractivity contribution in [3.63, 3.8) is 0 Å². The second-order valence-corrected chi connectivity index (χ2v) is 7.30. The minimum Gasteiger partial charge on any atom is -0.346 e. The van der Waals surface area contributed by atoms with Gasteiger partial charge in [-0.3, -0.25) is 0 Å². The van der Waals surface area contributed by atoms with Crippen LogP contribution in [-0.2, 0) is 6.54 Å². The molecule has 1 aliphatic heterocycles. The predicted octanol–water partition coefficient (Wildman–Crippen LogP) is 3.53. The van der Waals surface area contributed by atoms with Crippen molar-refractivity contribution in [1.82, 2.24) is 24.7 Å². The number of rotatable bonds is 4. The number of benzene rings is 1. The van der Waals surface area contributed by atoms with Crippen molar-refractivity contribution in [2.24, 2.45) is 5.92 Å². The molecule has 130 valence electrons. The fraction of sp³-hybridized carbons (Fsp3) is 0.474. The normalized spacial score (nSPS) is 17.8. The minimum atomic E-state index is 0.222. The van der Waals surface area contributed by atoms with E-state index >= 15 is 0 Å². The molecular weight excluding hydrogens is 312 g/mol. The zero-order chi connectivity index (χ0) is 17.4. The van der Waals surface area contributed by atoms with Crippen molar-refractivity contribution in [2.75, 3.05) is 11.4 Å². The van der Waals surface area contributed by atoms with Gasteiger partial charge in [0.15, 0.2) is 5.82 Å². The molecule has 0 aliphatic carbocycles. The van der Waals surface area contributed by atoms with Crippen LogP contribution in [0.1, 0.15) is 44.1 Å². The Morgan fingerprint density at radius 1 is 1.24 bits per heavy atom. The quantitative estimate of drug-likeness (QED) is 0.729. The summed E-state index contributed by atoms with van der Waals surface area (Å²) in [6.07, 6.45) is 5.74. The molecular formula is C19H24N6. The van der Waals surface area contributed by atoms with E-state index in [1.807, 2.05) is 6.33 Å². The Morgan fingerprint density at radius 2 is 2.12 bits per heavy atom. The van der Waals surface area contributed by atoms with Gasteiger partial charge in [0, 0.05) is 18.5 Å². The standard InChI is InChI=1S/C19H24N6/c1-13(2)10-24-12-22-23-19(24)17-5-4-8-25(17)18-15-9-14(3)6-7-16(15)20-11-21-18/h6-7,9,11-13,17H,4-5,8,10H2,1-3H3. The number of nitrogens with zero attached hydrogens (tertiary/aromatic N) is 6. The van der Waals surface area contributed by atoms with E-state index in [2.05, 4.69) is 68.6 Å². The first-order valence-electron chi connectivity index (χ1n) is 8.99. The molecule has 1 fully saturated rings. The molecule has 6 heteroatoms. The van der Waals surface area contributed by atoms with E-state index in [-0.39, 0.29) is 6.04 Å². The largest absolute Gasteiger partial charge is 0.346 e. The highest BCUT2D eigenvalue weighted by molar-refractivity contribution is 5.90. The number of aromatic nitrogens is 5. The Labute approximate surface area is 147 Å². The van der Waals surface area contributed by atoms with E-state index in [9.17, 15) is 0 Å². The fourth-order valence-electron chi connectivity index (χ4n) is 3.73. The third-order valence-electron chi connectivity index (χ3n) is 4.80. The molecule has 1 aliphatic rings. The molecule has 6 nitrogen and oxygen atoms in total. The van der Waals surface area contributed by atoms with Gasteiger partial charge in [0.05, 0.1) is 11.6 Å². The third kappa shape index (κ3) is 2.97. The number of aryl methyl sites for hydroxylation is 1. The highest BCUT2D eigenvalue weighted by Gasteiger charge is 2.32. The number of fused-ring (bicyclic) bond motifs is 1. The molecule has 1 unspecified atom stereocenters. The van der Waals surface area contributed by atoms with Crippen LogP contribution in [0.25, 0.3) is 10.9 Å². The van der Waals surface area contributed by atoms with E-state index in [0.717, 1.165) is 48.5 Å². The highest BCUT2D eigenvalue weighted by Crippen LogP contribution is 2.37. The van der Waals surface area contributed by atoms with Crippen molar-refractivity contribution < 1.29 is 0 Å². The van der Waals surface area contributed by atoms with Crippen LogP contribution in [0.5, 0.6) is 0 Å². The molecule has 3 heterocycles. The molecule has 1 aromatic carbocycles. The number of anilines is 1. The van der Waals surface area contributed by atoms with Crippen LogP contribution >= 0.6 is 0 Å². The van der Waals surface area contributed by atoms with Gasteiger partial charge >= 0.3 is 0 Å². The summed E-state index contributed by atoms with van der Waals surface area (Å²) in [7, 11) is 0. The van der Waals surface area contributed by atoms with E-state index in [1.54, 1.807) is 6.33 Å². The van der Waals surface area contributed by atoms with Gasteiger partial charge in [0.2, 0.25) is 0 Å². The van der Waals surface area contributed by atoms with Crippen molar-refractivity contribution >= 4 is 16.7 Å². The average Bonchev–Trinajstić information content (AvgIpc) is 3.22. The van der Waals surface area contributed by atoms with Gasteiger partial charge in [-0.05, 0) is 37.8 Å². The third-order valence-corrected chi connectivity index (χ3v) is 4.80. The molecule has 0 spiro atoms. The first-order chi connectivity index (χ1) is 12.1. The lowest BCUT2D eigenvalue weighted by atomic mass is 10.1. The van der Waals surface area contributed by atoms with Crippen LogP contribution < -0.4 is 4.90 Å². The molecule has 2 aromatic heterocycles. The van der Waals surface area contributed by atoms with Crippen LogP contribution in [0.15, 0.2) is 30.9 Å². The van der Waals surface area contributed by atoms with Crippen molar-refractivity contribution in [3.05, 3.63) is 42.2 Å². The summed E-state index contributed by atoms with van der Waals surface area (Å²) < 4.78 is 2.20. The Balaban J connectivity index is 1.76. The van der Waals surface area contributed by atoms with Crippen LogP contribution in [0.4, 0.5) is 5.82 Å². The Morgan fingerprint density at radius 3 is 2.96 bits per heavy atom. The number of hydrogen-bond acceptors (Lipinski definition) is 5. The topological polar surface area (TPSA) is 59.7 Å². The maximum Gasteiger partial charge on any atom is 0.155 e. The fourth-order valence-corrected chi connectivity index (χ4v) is 3.73. The van der Waals surface area contributed by atoms with Crippen molar-refractivity contribution in [1.29, 1.82) is 0 Å². The minimum absolute atomic E-state index is 0.222. The van der Waals surface area contributed by atoms with E-state index in [4.69, 9.17) is 0 Å². The van der Waals surface area contributed by atoms with Gasteiger partial charge in [-0.2, -0.15) is 0 Å². The molecule has 0 amide bonds. The lowest BCUT2D eigenvalue weighted by molar-refractivity contribution is 0.487. The van der Waals surface area contributed by atoms with Crippen molar-refractivity contribution in [3.8, 4) is 0 Å². The summed E-state index contributed by atoms with van der Waals surface area (Å²) in [6.45, 7) is 8.47. The van der Waals surface area contributed by atoms with Gasteiger partial charge in [0.25, 0.3) is 0 Å². The summed E-state index contributed by atoms with van der Waals surface area (Å²) in [5.41, 5.74) is 2.21. The Hall–Kier alpha value is -2.50. The summed E-state index contributed by atoms with van der Waals surface area (Å²) in [5, 5.41) is 9.75. The molecule has 4 rings (SSSR count). The second-order valence-electron chi connectivity index (χ2n) is 7.30. The molecule has 0 radical (unpaired) electrons. The molecule has 25 heavy (non-hydrogen) atoms. The lowest BCUT2D eigenvalue weighted by Crippen LogP contribution is -2.27. The van der Waals surface area contributed by atoms with Gasteiger partial charge < -0.3 is 9.47 Å². The molecule has 3 aromatic rings. The van der Waals surface area contributed by atoms with Crippen LogP contribution in [0, 0.1) is 12.8 Å². The van der Waals surface area contributed by atoms with E-state index in [0.29, 0.717) is 5.92 Å². The number of hydrogen-bond donors (Lipinski definition) is 0. The predicted molar refractivity (Wildman–Crippen MR) is 98.5 cm³/mol. The smallest absolute Gasteiger partial charge is 0.155 e. The SMILES string of the molecule is Cc1ccc2ncnc(N3CCCC3c3nncn3CC(C)C)c2c1. The molecule has 0 N–H and O–H groups in total. The molecule has 1 atom stereocenters. The average molecular weight is 336 g/mol. The maximum atomic E-state index is 4.64. The van der Waals surface area contributed by atoms with Gasteiger partial charge in [-0.1, -0.05) is 25.5 Å². The first-order valence-corrected chi connectivity index (χ1v) is 8.99. The van der Waals surface area contributed by atoms with Gasteiger partial charge in [0.1, 0.15) is 18.5 Å². The Kier molecular flexibility index (Phi) is 4.11. The molecule has 0 bridgehead atoms. The zero-order valence-electron chi connectivity index (χ0n) is 15.1. The Bertz CT molecular complexity index is 885. The van der Waals surface area contributed by atoms with Gasteiger partial charge in [-0.25, -0.2) is 9.97 Å². The first kappa shape index (κ1) is 16.0.